The van der Waals surface area contributed by atoms with E-state index in [4.69, 9.17) is 12.2 Å². The number of halogens is 1. The summed E-state index contributed by atoms with van der Waals surface area (Å²) in [6.07, 6.45) is 5.54. The number of nitrogens with zero attached hydrogens (tertiary/aromatic N) is 4. The summed E-state index contributed by atoms with van der Waals surface area (Å²) in [5, 5.41) is 15.5. The molecule has 0 amide bonds. The van der Waals surface area contributed by atoms with Gasteiger partial charge in [0.1, 0.15) is 5.82 Å². The van der Waals surface area contributed by atoms with Gasteiger partial charge in [0, 0.05) is 31.0 Å². The maximum atomic E-state index is 13.3. The topological polar surface area (TPSA) is 59.7 Å². The average Bonchev–Trinajstić information content (AvgIpc) is 3.19. The molecule has 2 N–H and O–H groups in total. The fourth-order valence-corrected chi connectivity index (χ4v) is 2.77. The second-order valence-corrected chi connectivity index (χ2v) is 6.37. The van der Waals surface area contributed by atoms with Gasteiger partial charge in [-0.3, -0.25) is 9.36 Å². The van der Waals surface area contributed by atoms with Gasteiger partial charge in [-0.05, 0) is 43.8 Å². The van der Waals surface area contributed by atoms with Gasteiger partial charge in [0.25, 0.3) is 0 Å². The minimum atomic E-state index is -0.250. The van der Waals surface area contributed by atoms with E-state index in [0.717, 1.165) is 29.1 Å². The van der Waals surface area contributed by atoms with Crippen molar-refractivity contribution in [2.24, 2.45) is 0 Å². The van der Waals surface area contributed by atoms with Gasteiger partial charge in [-0.25, -0.2) is 4.39 Å². The minimum absolute atomic E-state index is 0.250. The Labute approximate surface area is 157 Å². The normalized spacial score (nSPS) is 10.7. The van der Waals surface area contributed by atoms with Gasteiger partial charge in [-0.15, -0.1) is 0 Å². The van der Waals surface area contributed by atoms with Crippen molar-refractivity contribution in [1.82, 2.24) is 24.9 Å². The number of hydrogen-bond donors (Lipinski definition) is 2. The molecule has 0 spiro atoms. The Morgan fingerprint density at radius 1 is 1.27 bits per heavy atom. The van der Waals surface area contributed by atoms with E-state index in [0.29, 0.717) is 18.2 Å². The first-order valence-corrected chi connectivity index (χ1v) is 8.79. The maximum Gasteiger partial charge on any atom is 0.171 e. The van der Waals surface area contributed by atoms with Crippen molar-refractivity contribution in [3.05, 3.63) is 65.5 Å². The summed E-state index contributed by atoms with van der Waals surface area (Å²) < 4.78 is 16.9. The van der Waals surface area contributed by atoms with Gasteiger partial charge in [-0.1, -0.05) is 12.1 Å². The van der Waals surface area contributed by atoms with Crippen LogP contribution in [0.2, 0.25) is 0 Å². The second-order valence-electron chi connectivity index (χ2n) is 5.96. The van der Waals surface area contributed by atoms with Crippen LogP contribution in [0.15, 0.2) is 42.9 Å². The van der Waals surface area contributed by atoms with Crippen LogP contribution in [0, 0.1) is 12.7 Å². The lowest BCUT2D eigenvalue weighted by Gasteiger charge is -2.08. The van der Waals surface area contributed by atoms with E-state index in [1.807, 2.05) is 30.1 Å². The van der Waals surface area contributed by atoms with Gasteiger partial charge in [0.05, 0.1) is 24.1 Å². The maximum absolute atomic E-state index is 13.3. The third kappa shape index (κ3) is 4.66. The second kappa shape index (κ2) is 8.09. The SMILES string of the molecule is CCn1cc(CNC(=S)Nc2cnn(Cc3cccc(F)c3)c2)c(C)n1. The van der Waals surface area contributed by atoms with E-state index < -0.39 is 0 Å². The van der Waals surface area contributed by atoms with Crippen molar-refractivity contribution in [2.75, 3.05) is 5.32 Å². The summed E-state index contributed by atoms with van der Waals surface area (Å²) in [6, 6.07) is 6.48. The number of aryl methyl sites for hydroxylation is 2. The fourth-order valence-electron chi connectivity index (χ4n) is 2.58. The highest BCUT2D eigenvalue weighted by Crippen LogP contribution is 2.10. The first kappa shape index (κ1) is 18.1. The number of hydrogen-bond acceptors (Lipinski definition) is 3. The van der Waals surface area contributed by atoms with Crippen molar-refractivity contribution in [1.29, 1.82) is 0 Å². The molecule has 0 fully saturated rings. The number of rotatable bonds is 6. The van der Waals surface area contributed by atoms with E-state index >= 15 is 0 Å². The van der Waals surface area contributed by atoms with Crippen LogP contribution in [0.3, 0.4) is 0 Å². The minimum Gasteiger partial charge on any atom is -0.358 e. The zero-order valence-corrected chi connectivity index (χ0v) is 15.6. The predicted molar refractivity (Wildman–Crippen MR) is 103 cm³/mol. The van der Waals surface area contributed by atoms with Crippen LogP contribution in [-0.2, 0) is 19.6 Å². The highest BCUT2D eigenvalue weighted by atomic mass is 32.1. The van der Waals surface area contributed by atoms with Gasteiger partial charge in [0.15, 0.2) is 5.11 Å². The zero-order chi connectivity index (χ0) is 18.5. The van der Waals surface area contributed by atoms with Crippen molar-refractivity contribution in [2.45, 2.75) is 33.5 Å². The molecule has 0 saturated heterocycles. The molecule has 26 heavy (non-hydrogen) atoms. The van der Waals surface area contributed by atoms with E-state index in [9.17, 15) is 4.39 Å². The number of benzene rings is 1. The molecule has 0 unspecified atom stereocenters. The molecule has 0 bridgehead atoms. The monoisotopic (exact) mass is 372 g/mol. The molecule has 0 radical (unpaired) electrons. The molecule has 136 valence electrons. The zero-order valence-electron chi connectivity index (χ0n) is 14.7. The van der Waals surface area contributed by atoms with Crippen LogP contribution in [0.4, 0.5) is 10.1 Å². The Bertz CT molecular complexity index is 901. The van der Waals surface area contributed by atoms with Crippen LogP contribution in [0.25, 0.3) is 0 Å². The van der Waals surface area contributed by atoms with E-state index in [-0.39, 0.29) is 5.82 Å². The van der Waals surface area contributed by atoms with Crippen molar-refractivity contribution in [3.8, 4) is 0 Å². The third-order valence-corrected chi connectivity index (χ3v) is 4.18. The van der Waals surface area contributed by atoms with Crippen molar-refractivity contribution in [3.63, 3.8) is 0 Å². The van der Waals surface area contributed by atoms with Crippen molar-refractivity contribution >= 4 is 23.0 Å². The van der Waals surface area contributed by atoms with Crippen LogP contribution < -0.4 is 10.6 Å². The molecule has 3 aromatic rings. The number of nitrogens with one attached hydrogen (secondary N) is 2. The molecule has 0 aliphatic rings. The Morgan fingerprint density at radius 3 is 2.85 bits per heavy atom. The van der Waals surface area contributed by atoms with Crippen LogP contribution in [0.1, 0.15) is 23.7 Å². The number of aromatic nitrogens is 4. The van der Waals surface area contributed by atoms with Gasteiger partial charge >= 0.3 is 0 Å². The van der Waals surface area contributed by atoms with E-state index in [1.54, 1.807) is 16.9 Å². The molecule has 2 aromatic heterocycles. The summed E-state index contributed by atoms with van der Waals surface area (Å²) in [7, 11) is 0. The van der Waals surface area contributed by atoms with Crippen LogP contribution in [0.5, 0.6) is 0 Å². The van der Waals surface area contributed by atoms with Crippen LogP contribution >= 0.6 is 12.2 Å². The average molecular weight is 372 g/mol. The van der Waals surface area contributed by atoms with Gasteiger partial charge < -0.3 is 10.6 Å². The molecule has 0 aliphatic heterocycles. The predicted octanol–water partition coefficient (Wildman–Crippen LogP) is 3.08. The number of thiocarbonyl (C=S) groups is 1. The molecule has 3 rings (SSSR count). The highest BCUT2D eigenvalue weighted by Gasteiger charge is 2.06. The Hall–Kier alpha value is -2.74. The molecule has 6 nitrogen and oxygen atoms in total. The van der Waals surface area contributed by atoms with Crippen molar-refractivity contribution < 1.29 is 4.39 Å². The third-order valence-electron chi connectivity index (χ3n) is 3.94. The Morgan fingerprint density at radius 2 is 2.12 bits per heavy atom. The molecule has 0 aliphatic carbocycles. The molecule has 1 aromatic carbocycles. The Balaban J connectivity index is 1.53. The van der Waals surface area contributed by atoms with Crippen LogP contribution in [-0.4, -0.2) is 24.7 Å². The Kier molecular flexibility index (Phi) is 5.62. The smallest absolute Gasteiger partial charge is 0.171 e. The quantitative estimate of drug-likeness (QED) is 0.651. The summed E-state index contributed by atoms with van der Waals surface area (Å²) >= 11 is 5.33. The summed E-state index contributed by atoms with van der Waals surface area (Å²) in [6.45, 7) is 5.98. The summed E-state index contributed by atoms with van der Waals surface area (Å²) in [5.41, 5.74) is 3.73. The highest BCUT2D eigenvalue weighted by molar-refractivity contribution is 7.80. The lowest BCUT2D eigenvalue weighted by Crippen LogP contribution is -2.27. The lowest BCUT2D eigenvalue weighted by molar-refractivity contribution is 0.619. The first-order valence-electron chi connectivity index (χ1n) is 8.38. The summed E-state index contributed by atoms with van der Waals surface area (Å²) in [4.78, 5) is 0. The lowest BCUT2D eigenvalue weighted by atomic mass is 10.2. The molecule has 0 saturated carbocycles. The van der Waals surface area contributed by atoms with Gasteiger partial charge in [0.2, 0.25) is 0 Å². The molecule has 2 heterocycles. The molecule has 8 heteroatoms. The largest absolute Gasteiger partial charge is 0.358 e. The molecule has 0 atom stereocenters. The molecular formula is C18H21FN6S. The first-order chi connectivity index (χ1) is 12.5. The standard InChI is InChI=1S/C18H21FN6S/c1-3-24-11-15(13(2)23-24)8-20-18(26)22-17-9-21-25(12-17)10-14-5-4-6-16(19)7-14/h4-7,9,11-12H,3,8,10H2,1-2H3,(H2,20,22,26). The number of anilines is 1. The fraction of sp³-hybridized carbons (Fsp3) is 0.278. The molecular weight excluding hydrogens is 351 g/mol. The van der Waals surface area contributed by atoms with E-state index in [1.165, 1.54) is 12.1 Å². The van der Waals surface area contributed by atoms with Gasteiger partial charge in [-0.2, -0.15) is 10.2 Å². The summed E-state index contributed by atoms with van der Waals surface area (Å²) in [5.74, 6) is -0.250. The van der Waals surface area contributed by atoms with E-state index in [2.05, 4.69) is 27.8 Å².